The average molecular weight is 376 g/mol. The Balaban J connectivity index is 1.29. The van der Waals surface area contributed by atoms with Gasteiger partial charge < -0.3 is 14.5 Å². The molecule has 2 aliphatic heterocycles. The van der Waals surface area contributed by atoms with Crippen molar-refractivity contribution in [2.45, 2.75) is 37.6 Å². The summed E-state index contributed by atoms with van der Waals surface area (Å²) in [5.41, 5.74) is 2.88. The minimum Gasteiger partial charge on any atom is -0.459 e. The van der Waals surface area contributed by atoms with Crippen LogP contribution >= 0.6 is 0 Å². The predicted octanol–water partition coefficient (Wildman–Crippen LogP) is 3.76. The molecule has 3 aromatic rings. The summed E-state index contributed by atoms with van der Waals surface area (Å²) in [5.74, 6) is -0.238. The van der Waals surface area contributed by atoms with Crippen molar-refractivity contribution in [1.82, 2.24) is 9.88 Å². The number of fused-ring (bicyclic) bond motifs is 3. The number of aromatic amines is 1. The van der Waals surface area contributed by atoms with Crippen LogP contribution in [-0.4, -0.2) is 47.3 Å². The molecule has 2 fully saturated rings. The van der Waals surface area contributed by atoms with Gasteiger partial charge in [-0.25, -0.2) is 4.79 Å². The molecule has 0 aliphatic carbocycles. The number of nitrogens with zero attached hydrogens (tertiary/aromatic N) is 1. The third kappa shape index (κ3) is 3.32. The molecular weight excluding hydrogens is 352 g/mol. The molecule has 0 spiro atoms. The fraction of sp³-hybridized carbons (Fsp3) is 0.348. The van der Waals surface area contributed by atoms with E-state index in [0.717, 1.165) is 30.3 Å². The summed E-state index contributed by atoms with van der Waals surface area (Å²) >= 11 is 0. The quantitative estimate of drug-likeness (QED) is 0.705. The number of morpholine rings is 1. The Hall–Kier alpha value is -2.63. The number of H-pyrrole nitrogens is 1. The Morgan fingerprint density at radius 3 is 2.54 bits per heavy atom. The van der Waals surface area contributed by atoms with Gasteiger partial charge in [0.05, 0.1) is 18.8 Å². The molecule has 1 unspecified atom stereocenters. The number of carbonyl (C=O) groups is 1. The summed E-state index contributed by atoms with van der Waals surface area (Å²) in [6.07, 6.45) is 3.32. The normalized spacial score (nSPS) is 24.9. The van der Waals surface area contributed by atoms with E-state index < -0.39 is 0 Å². The number of benzene rings is 2. The third-order valence-corrected chi connectivity index (χ3v) is 5.92. The fourth-order valence-corrected chi connectivity index (χ4v) is 4.54. The lowest BCUT2D eigenvalue weighted by molar-refractivity contribution is -0.111. The van der Waals surface area contributed by atoms with Crippen LogP contribution in [0.2, 0.25) is 0 Å². The van der Waals surface area contributed by atoms with Gasteiger partial charge in [0.1, 0.15) is 6.10 Å². The van der Waals surface area contributed by atoms with Crippen molar-refractivity contribution in [2.75, 3.05) is 13.2 Å². The van der Waals surface area contributed by atoms with Gasteiger partial charge in [-0.1, -0.05) is 48.5 Å². The van der Waals surface area contributed by atoms with Crippen LogP contribution in [0.1, 0.15) is 28.8 Å². The minimum absolute atomic E-state index is 0.0629. The topological polar surface area (TPSA) is 54.6 Å². The van der Waals surface area contributed by atoms with Crippen molar-refractivity contribution >= 4 is 16.9 Å². The van der Waals surface area contributed by atoms with E-state index in [-0.39, 0.29) is 24.2 Å². The van der Waals surface area contributed by atoms with Crippen LogP contribution in [0.15, 0.2) is 60.8 Å². The molecule has 3 heterocycles. The maximum atomic E-state index is 12.8. The highest BCUT2D eigenvalue weighted by Gasteiger charge is 2.40. The Kier molecular flexibility index (Phi) is 4.63. The summed E-state index contributed by atoms with van der Waals surface area (Å²) in [4.78, 5) is 18.5. The van der Waals surface area contributed by atoms with Gasteiger partial charge in [0.2, 0.25) is 0 Å². The molecule has 2 aromatic carbocycles. The van der Waals surface area contributed by atoms with Crippen LogP contribution < -0.4 is 0 Å². The van der Waals surface area contributed by atoms with E-state index in [4.69, 9.17) is 9.47 Å². The number of piperidine rings is 1. The van der Waals surface area contributed by atoms with Gasteiger partial charge in [-0.2, -0.15) is 0 Å². The summed E-state index contributed by atoms with van der Waals surface area (Å²) in [6, 6.07) is 18.9. The van der Waals surface area contributed by atoms with Crippen molar-refractivity contribution in [1.29, 1.82) is 0 Å². The average Bonchev–Trinajstić information content (AvgIpc) is 3.14. The van der Waals surface area contributed by atoms with E-state index in [1.807, 2.05) is 30.3 Å². The molecule has 1 aromatic heterocycles. The summed E-state index contributed by atoms with van der Waals surface area (Å²) in [6.45, 7) is 2.32. The van der Waals surface area contributed by atoms with Crippen molar-refractivity contribution in [3.63, 3.8) is 0 Å². The van der Waals surface area contributed by atoms with E-state index in [1.165, 1.54) is 5.56 Å². The molecule has 5 rings (SSSR count). The highest BCUT2D eigenvalue weighted by Crippen LogP contribution is 2.31. The number of esters is 1. The second-order valence-corrected chi connectivity index (χ2v) is 7.75. The van der Waals surface area contributed by atoms with Crippen LogP contribution in [-0.2, 0) is 16.0 Å². The molecule has 0 saturated carbocycles. The number of aromatic nitrogens is 1. The minimum atomic E-state index is -0.238. The second-order valence-electron chi connectivity index (χ2n) is 7.75. The number of para-hydroxylation sites is 1. The van der Waals surface area contributed by atoms with Gasteiger partial charge in [0.15, 0.2) is 0 Å². The Morgan fingerprint density at radius 2 is 1.75 bits per heavy atom. The molecule has 5 nitrogen and oxygen atoms in total. The fourth-order valence-electron chi connectivity index (χ4n) is 4.54. The number of carbonyl (C=O) groups excluding carboxylic acids is 1. The molecule has 2 saturated heterocycles. The van der Waals surface area contributed by atoms with Crippen molar-refractivity contribution < 1.29 is 14.3 Å². The van der Waals surface area contributed by atoms with Crippen LogP contribution in [0.4, 0.5) is 0 Å². The standard InChI is InChI=1S/C23H24N2O3/c26-23(21-12-24-22-9-5-4-8-20(21)22)28-19-10-17-14-27-15-18(11-19)25(17)13-16-6-2-1-3-7-16/h1-9,12,17-19,24H,10-11,13-15H2/t17-,18+,19?. The van der Waals surface area contributed by atoms with Crippen LogP contribution in [0.3, 0.4) is 0 Å². The molecule has 144 valence electrons. The van der Waals surface area contributed by atoms with Gasteiger partial charge in [0.25, 0.3) is 0 Å². The highest BCUT2D eigenvalue weighted by atomic mass is 16.5. The first-order chi connectivity index (χ1) is 13.8. The molecule has 2 aliphatic rings. The SMILES string of the molecule is O=C(OC1C[C@H]2COC[C@@H](C1)N2Cc1ccccc1)c1c[nH]c2ccccc12. The Labute approximate surface area is 164 Å². The predicted molar refractivity (Wildman–Crippen MR) is 107 cm³/mol. The molecule has 1 N–H and O–H groups in total. The number of rotatable bonds is 4. The molecule has 0 amide bonds. The largest absolute Gasteiger partial charge is 0.459 e. The maximum absolute atomic E-state index is 12.8. The Bertz CT molecular complexity index is 954. The van der Waals surface area contributed by atoms with Gasteiger partial charge in [-0.15, -0.1) is 0 Å². The van der Waals surface area contributed by atoms with E-state index in [9.17, 15) is 4.79 Å². The molecule has 0 radical (unpaired) electrons. The highest BCUT2D eigenvalue weighted by molar-refractivity contribution is 6.04. The number of hydrogen-bond donors (Lipinski definition) is 1. The van der Waals surface area contributed by atoms with Crippen LogP contribution in [0, 0.1) is 0 Å². The first-order valence-electron chi connectivity index (χ1n) is 9.92. The van der Waals surface area contributed by atoms with E-state index in [1.54, 1.807) is 6.20 Å². The lowest BCUT2D eigenvalue weighted by Crippen LogP contribution is -2.58. The zero-order valence-corrected chi connectivity index (χ0v) is 15.7. The van der Waals surface area contributed by atoms with Gasteiger partial charge in [-0.05, 0) is 11.6 Å². The zero-order chi connectivity index (χ0) is 18.9. The third-order valence-electron chi connectivity index (χ3n) is 5.92. The van der Waals surface area contributed by atoms with Gasteiger partial charge in [-0.3, -0.25) is 4.90 Å². The first-order valence-corrected chi connectivity index (χ1v) is 9.92. The lowest BCUT2D eigenvalue weighted by Gasteiger charge is -2.48. The second kappa shape index (κ2) is 7.41. The number of nitrogens with one attached hydrogen (secondary N) is 1. The molecule has 5 heteroatoms. The Morgan fingerprint density at radius 1 is 1.04 bits per heavy atom. The number of hydrogen-bond acceptors (Lipinski definition) is 4. The summed E-state index contributed by atoms with van der Waals surface area (Å²) in [5, 5.41) is 0.914. The molecule has 3 atom stereocenters. The van der Waals surface area contributed by atoms with Crippen molar-refractivity contribution in [2.24, 2.45) is 0 Å². The first kappa shape index (κ1) is 17.5. The molecule has 2 bridgehead atoms. The summed E-state index contributed by atoms with van der Waals surface area (Å²) in [7, 11) is 0. The zero-order valence-electron chi connectivity index (χ0n) is 15.7. The monoisotopic (exact) mass is 376 g/mol. The maximum Gasteiger partial charge on any atom is 0.340 e. The van der Waals surface area contributed by atoms with Crippen LogP contribution in [0.25, 0.3) is 10.9 Å². The van der Waals surface area contributed by atoms with E-state index in [0.29, 0.717) is 18.8 Å². The van der Waals surface area contributed by atoms with Gasteiger partial charge >= 0.3 is 5.97 Å². The van der Waals surface area contributed by atoms with Crippen molar-refractivity contribution in [3.05, 3.63) is 71.9 Å². The smallest absolute Gasteiger partial charge is 0.340 e. The van der Waals surface area contributed by atoms with E-state index >= 15 is 0 Å². The van der Waals surface area contributed by atoms with Crippen LogP contribution in [0.5, 0.6) is 0 Å². The lowest BCUT2D eigenvalue weighted by atomic mass is 9.91. The van der Waals surface area contributed by atoms with E-state index in [2.05, 4.69) is 34.1 Å². The molecule has 28 heavy (non-hydrogen) atoms. The molecular formula is C23H24N2O3. The number of ether oxygens (including phenoxy) is 2. The van der Waals surface area contributed by atoms with Crippen molar-refractivity contribution in [3.8, 4) is 0 Å². The van der Waals surface area contributed by atoms with Gasteiger partial charge in [0, 0.05) is 48.6 Å². The summed E-state index contributed by atoms with van der Waals surface area (Å²) < 4.78 is 11.7.